The summed E-state index contributed by atoms with van der Waals surface area (Å²) in [5.74, 6) is 0.802. The molecule has 0 atom stereocenters. The summed E-state index contributed by atoms with van der Waals surface area (Å²) >= 11 is 5.80. The van der Waals surface area contributed by atoms with Crippen LogP contribution >= 0.6 is 11.6 Å². The van der Waals surface area contributed by atoms with Gasteiger partial charge >= 0.3 is 0 Å². The number of para-hydroxylation sites is 1. The number of carbonyl (C=O) groups is 1. The van der Waals surface area contributed by atoms with Gasteiger partial charge in [-0.2, -0.15) is 0 Å². The van der Waals surface area contributed by atoms with Crippen LogP contribution in [-0.2, 0) is 12.9 Å². The molecule has 0 unspecified atom stereocenters. The van der Waals surface area contributed by atoms with Gasteiger partial charge in [0.05, 0.1) is 11.2 Å². The van der Waals surface area contributed by atoms with E-state index in [1.165, 1.54) is 0 Å². The van der Waals surface area contributed by atoms with Crippen molar-refractivity contribution in [3.05, 3.63) is 71.4 Å². The zero-order chi connectivity index (χ0) is 18.3. The first-order chi connectivity index (χ1) is 12.6. The van der Waals surface area contributed by atoms with Crippen LogP contribution in [0.25, 0.3) is 21.8 Å². The lowest BCUT2D eigenvalue weighted by Gasteiger charge is -2.08. The van der Waals surface area contributed by atoms with E-state index in [2.05, 4.69) is 27.0 Å². The molecule has 0 aliphatic heterocycles. The molecule has 0 spiro atoms. The SMILES string of the molecule is Cc1nc(NC(=O)c2ccc(CCl)cc2)cc2c3ccccc3n(C)c12. The Hall–Kier alpha value is -2.85. The van der Waals surface area contributed by atoms with E-state index in [-0.39, 0.29) is 5.91 Å². The van der Waals surface area contributed by atoms with E-state index in [9.17, 15) is 4.79 Å². The topological polar surface area (TPSA) is 46.9 Å². The molecule has 0 saturated heterocycles. The lowest BCUT2D eigenvalue weighted by atomic mass is 10.1. The van der Waals surface area contributed by atoms with Gasteiger partial charge in [0.2, 0.25) is 0 Å². The number of benzene rings is 2. The molecule has 0 bridgehead atoms. The van der Waals surface area contributed by atoms with Gasteiger partial charge in [-0.1, -0.05) is 30.3 Å². The minimum Gasteiger partial charge on any atom is -0.342 e. The van der Waals surface area contributed by atoms with Crippen molar-refractivity contribution in [2.75, 3.05) is 5.32 Å². The Morgan fingerprint density at radius 3 is 2.58 bits per heavy atom. The minimum absolute atomic E-state index is 0.183. The summed E-state index contributed by atoms with van der Waals surface area (Å²) in [4.78, 5) is 17.1. The first-order valence-corrected chi connectivity index (χ1v) is 8.93. The Morgan fingerprint density at radius 1 is 1.12 bits per heavy atom. The summed E-state index contributed by atoms with van der Waals surface area (Å²) in [7, 11) is 2.04. The molecule has 2 aromatic carbocycles. The predicted octanol–water partition coefficient (Wildman–Crippen LogP) is 5.03. The number of carbonyl (C=O) groups excluding carboxylic acids is 1. The van der Waals surface area contributed by atoms with E-state index in [1.54, 1.807) is 12.1 Å². The van der Waals surface area contributed by atoms with Crippen molar-refractivity contribution in [2.45, 2.75) is 12.8 Å². The van der Waals surface area contributed by atoms with Crippen molar-refractivity contribution < 1.29 is 4.79 Å². The maximum absolute atomic E-state index is 12.5. The highest BCUT2D eigenvalue weighted by Crippen LogP contribution is 2.31. The van der Waals surface area contributed by atoms with Crippen molar-refractivity contribution in [2.24, 2.45) is 7.05 Å². The third-order valence-corrected chi connectivity index (χ3v) is 4.98. The van der Waals surface area contributed by atoms with Crippen LogP contribution in [0, 0.1) is 6.92 Å². The monoisotopic (exact) mass is 363 g/mol. The van der Waals surface area contributed by atoms with Gasteiger partial charge in [0.15, 0.2) is 0 Å². The number of nitrogens with zero attached hydrogens (tertiary/aromatic N) is 2. The van der Waals surface area contributed by atoms with E-state index < -0.39 is 0 Å². The van der Waals surface area contributed by atoms with Crippen LogP contribution in [0.1, 0.15) is 21.6 Å². The van der Waals surface area contributed by atoms with Crippen molar-refractivity contribution >= 4 is 45.1 Å². The summed E-state index contributed by atoms with van der Waals surface area (Å²) in [5, 5.41) is 5.15. The Kier molecular flexibility index (Phi) is 4.13. The quantitative estimate of drug-likeness (QED) is 0.519. The average molecular weight is 364 g/mol. The summed E-state index contributed by atoms with van der Waals surface area (Å²) in [6.07, 6.45) is 0. The largest absolute Gasteiger partial charge is 0.342 e. The normalized spacial score (nSPS) is 11.2. The molecule has 0 aliphatic carbocycles. The van der Waals surface area contributed by atoms with Crippen LogP contribution < -0.4 is 5.32 Å². The van der Waals surface area contributed by atoms with Crippen molar-refractivity contribution in [1.29, 1.82) is 0 Å². The third-order valence-electron chi connectivity index (χ3n) is 4.67. The molecule has 0 saturated carbocycles. The van der Waals surface area contributed by atoms with Crippen LogP contribution in [-0.4, -0.2) is 15.5 Å². The number of aromatic nitrogens is 2. The van der Waals surface area contributed by atoms with E-state index in [0.29, 0.717) is 17.3 Å². The molecule has 5 heteroatoms. The fraction of sp³-hybridized carbons (Fsp3) is 0.143. The smallest absolute Gasteiger partial charge is 0.256 e. The Bertz CT molecular complexity index is 1130. The van der Waals surface area contributed by atoms with Gasteiger partial charge in [0.25, 0.3) is 5.91 Å². The molecule has 130 valence electrons. The molecular weight excluding hydrogens is 346 g/mol. The molecule has 1 amide bonds. The number of nitrogens with one attached hydrogen (secondary N) is 1. The Morgan fingerprint density at radius 2 is 1.85 bits per heavy atom. The van der Waals surface area contributed by atoms with Gasteiger partial charge in [-0.05, 0) is 36.8 Å². The predicted molar refractivity (Wildman–Crippen MR) is 107 cm³/mol. The maximum Gasteiger partial charge on any atom is 0.256 e. The van der Waals surface area contributed by atoms with Crippen molar-refractivity contribution in [3.8, 4) is 0 Å². The lowest BCUT2D eigenvalue weighted by molar-refractivity contribution is 0.102. The first kappa shape index (κ1) is 16.6. The van der Waals surface area contributed by atoms with Gasteiger partial charge in [-0.3, -0.25) is 4.79 Å². The number of alkyl halides is 1. The van der Waals surface area contributed by atoms with E-state index in [4.69, 9.17) is 11.6 Å². The second kappa shape index (κ2) is 6.46. The fourth-order valence-electron chi connectivity index (χ4n) is 3.41. The molecule has 26 heavy (non-hydrogen) atoms. The standard InChI is InChI=1S/C21H18ClN3O/c1-13-20-17(16-5-3-4-6-18(16)25(20)2)11-19(23-13)24-21(26)15-9-7-14(12-22)8-10-15/h3-11H,12H2,1-2H3,(H,23,24,26). The van der Waals surface area contributed by atoms with Gasteiger partial charge in [0, 0.05) is 34.8 Å². The van der Waals surface area contributed by atoms with Crippen molar-refractivity contribution in [1.82, 2.24) is 9.55 Å². The lowest BCUT2D eigenvalue weighted by Crippen LogP contribution is -2.13. The van der Waals surface area contributed by atoms with Gasteiger partial charge in [-0.15, -0.1) is 11.6 Å². The van der Waals surface area contributed by atoms with Crippen LogP contribution in [0.5, 0.6) is 0 Å². The molecule has 0 fully saturated rings. The molecule has 4 rings (SSSR count). The molecule has 2 aromatic heterocycles. The number of hydrogen-bond acceptors (Lipinski definition) is 2. The minimum atomic E-state index is -0.183. The molecule has 4 nitrogen and oxygen atoms in total. The van der Waals surface area contributed by atoms with Gasteiger partial charge in [-0.25, -0.2) is 4.98 Å². The highest BCUT2D eigenvalue weighted by Gasteiger charge is 2.14. The van der Waals surface area contributed by atoms with Crippen LogP contribution in [0.2, 0.25) is 0 Å². The Balaban J connectivity index is 1.75. The van der Waals surface area contributed by atoms with Crippen LogP contribution in [0.4, 0.5) is 5.82 Å². The fourth-order valence-corrected chi connectivity index (χ4v) is 3.58. The second-order valence-corrected chi connectivity index (χ2v) is 6.62. The number of rotatable bonds is 3. The summed E-state index contributed by atoms with van der Waals surface area (Å²) < 4.78 is 2.14. The Labute approximate surface area is 156 Å². The van der Waals surface area contributed by atoms with Crippen LogP contribution in [0.3, 0.4) is 0 Å². The number of anilines is 1. The average Bonchev–Trinajstić information content (AvgIpc) is 2.95. The summed E-state index contributed by atoms with van der Waals surface area (Å²) in [6, 6.07) is 17.4. The van der Waals surface area contributed by atoms with Gasteiger partial charge < -0.3 is 9.88 Å². The molecule has 0 aliphatic rings. The molecule has 0 radical (unpaired) electrons. The number of pyridine rings is 1. The second-order valence-electron chi connectivity index (χ2n) is 6.35. The summed E-state index contributed by atoms with van der Waals surface area (Å²) in [6.45, 7) is 1.96. The maximum atomic E-state index is 12.5. The molecule has 2 heterocycles. The zero-order valence-corrected chi connectivity index (χ0v) is 15.3. The van der Waals surface area contributed by atoms with E-state index in [0.717, 1.165) is 33.1 Å². The first-order valence-electron chi connectivity index (χ1n) is 8.39. The molecular formula is C21H18ClN3O. The van der Waals surface area contributed by atoms with Crippen molar-refractivity contribution in [3.63, 3.8) is 0 Å². The van der Waals surface area contributed by atoms with Gasteiger partial charge in [0.1, 0.15) is 5.82 Å². The number of hydrogen-bond donors (Lipinski definition) is 1. The zero-order valence-electron chi connectivity index (χ0n) is 14.6. The number of aryl methyl sites for hydroxylation is 2. The van der Waals surface area contributed by atoms with E-state index in [1.807, 2.05) is 44.3 Å². The highest BCUT2D eigenvalue weighted by atomic mass is 35.5. The van der Waals surface area contributed by atoms with Crippen LogP contribution in [0.15, 0.2) is 54.6 Å². The molecule has 4 aromatic rings. The summed E-state index contributed by atoms with van der Waals surface area (Å²) in [5.41, 5.74) is 4.67. The highest BCUT2D eigenvalue weighted by molar-refractivity contribution is 6.17. The number of halogens is 1. The number of amides is 1. The van der Waals surface area contributed by atoms with E-state index >= 15 is 0 Å². The third kappa shape index (κ3) is 2.72. The number of fused-ring (bicyclic) bond motifs is 3. The molecule has 1 N–H and O–H groups in total.